The average Bonchev–Trinajstić information content (AvgIpc) is 2.66. The Morgan fingerprint density at radius 2 is 1.69 bits per heavy atom. The van der Waals surface area contributed by atoms with Crippen LogP contribution in [0.2, 0.25) is 0 Å². The van der Waals surface area contributed by atoms with Crippen LogP contribution >= 0.6 is 0 Å². The molecule has 0 saturated heterocycles. The molecule has 1 N–H and O–H groups in total. The summed E-state index contributed by atoms with van der Waals surface area (Å²) >= 11 is 0. The third-order valence-electron chi connectivity index (χ3n) is 4.94. The van der Waals surface area contributed by atoms with Crippen molar-refractivity contribution in [3.05, 3.63) is 42.5 Å². The summed E-state index contributed by atoms with van der Waals surface area (Å²) in [4.78, 5) is 28.4. The van der Waals surface area contributed by atoms with Crippen molar-refractivity contribution < 1.29 is 18.0 Å². The van der Waals surface area contributed by atoms with E-state index in [0.29, 0.717) is 24.5 Å². The number of hydrogen-bond acceptors (Lipinski definition) is 4. The summed E-state index contributed by atoms with van der Waals surface area (Å²) in [5, 5.41) is 2.82. The fourth-order valence-corrected chi connectivity index (χ4v) is 4.25. The number of sulfone groups is 1. The van der Waals surface area contributed by atoms with E-state index in [2.05, 4.69) is 5.32 Å². The first-order chi connectivity index (χ1) is 13.6. The predicted molar refractivity (Wildman–Crippen MR) is 114 cm³/mol. The summed E-state index contributed by atoms with van der Waals surface area (Å²) in [6.07, 6.45) is 1.17. The number of amides is 3. The first-order valence-corrected chi connectivity index (χ1v) is 11.3. The fourth-order valence-electron chi connectivity index (χ4n) is 3.62. The molecule has 0 radical (unpaired) electrons. The zero-order valence-corrected chi connectivity index (χ0v) is 17.8. The largest absolute Gasteiger partial charge is 0.338 e. The molecule has 0 aromatic heterocycles. The first-order valence-electron chi connectivity index (χ1n) is 9.43. The highest BCUT2D eigenvalue weighted by molar-refractivity contribution is 7.90. The molecule has 154 valence electrons. The van der Waals surface area contributed by atoms with E-state index in [1.807, 2.05) is 32.0 Å². The maximum absolute atomic E-state index is 12.6. The molecule has 0 saturated carbocycles. The number of rotatable bonds is 3. The molecule has 1 heterocycles. The standard InChI is InChI=1S/C21H25N3O4S/c1-5-22-21(26)23-13-14(2)24(15(3)25)19-11-8-17(12-20(19)23)16-6-9-18(10-7-16)29(4,27)28/h6-12,14H,5,13H2,1-4H3,(H,22,26). The van der Waals surface area contributed by atoms with Gasteiger partial charge >= 0.3 is 6.03 Å². The van der Waals surface area contributed by atoms with Gasteiger partial charge in [-0.25, -0.2) is 13.2 Å². The topological polar surface area (TPSA) is 86.8 Å². The van der Waals surface area contributed by atoms with Gasteiger partial charge in [0, 0.05) is 26.3 Å². The molecule has 2 aromatic rings. The van der Waals surface area contributed by atoms with Crippen molar-refractivity contribution in [1.29, 1.82) is 0 Å². The molecule has 0 bridgehead atoms. The van der Waals surface area contributed by atoms with Crippen LogP contribution in [0.1, 0.15) is 20.8 Å². The molecule has 1 unspecified atom stereocenters. The normalized spacial score (nSPS) is 16.3. The van der Waals surface area contributed by atoms with Crippen LogP contribution in [0.25, 0.3) is 11.1 Å². The van der Waals surface area contributed by atoms with Gasteiger partial charge in [-0.2, -0.15) is 0 Å². The van der Waals surface area contributed by atoms with Crippen LogP contribution in [0, 0.1) is 0 Å². The second kappa shape index (κ2) is 7.87. The van der Waals surface area contributed by atoms with E-state index in [1.165, 1.54) is 13.2 Å². The molecule has 3 rings (SSSR count). The zero-order valence-electron chi connectivity index (χ0n) is 17.0. The number of urea groups is 1. The molecule has 2 aromatic carbocycles. The summed E-state index contributed by atoms with van der Waals surface area (Å²) in [5.41, 5.74) is 2.98. The molecule has 1 aliphatic heterocycles. The van der Waals surface area contributed by atoms with Gasteiger partial charge in [0.05, 0.1) is 22.3 Å². The first kappa shape index (κ1) is 20.9. The van der Waals surface area contributed by atoms with Crippen molar-refractivity contribution in [3.8, 4) is 11.1 Å². The number of hydrogen-bond donors (Lipinski definition) is 1. The molecule has 29 heavy (non-hydrogen) atoms. The Bertz CT molecular complexity index is 1050. The van der Waals surface area contributed by atoms with Crippen LogP contribution in [0.4, 0.5) is 16.2 Å². The van der Waals surface area contributed by atoms with Crippen LogP contribution in [0.15, 0.2) is 47.4 Å². The predicted octanol–water partition coefficient (Wildman–Crippen LogP) is 3.05. The maximum atomic E-state index is 12.6. The third kappa shape index (κ3) is 4.12. The minimum atomic E-state index is -3.27. The lowest BCUT2D eigenvalue weighted by Crippen LogP contribution is -2.53. The highest BCUT2D eigenvalue weighted by Gasteiger charge is 2.33. The van der Waals surface area contributed by atoms with Crippen LogP contribution in [0.5, 0.6) is 0 Å². The molecule has 1 aliphatic rings. The number of carbonyl (C=O) groups excluding carboxylic acids is 2. The van der Waals surface area contributed by atoms with Gasteiger partial charge in [0.2, 0.25) is 5.91 Å². The molecule has 0 spiro atoms. The Balaban J connectivity index is 2.09. The summed E-state index contributed by atoms with van der Waals surface area (Å²) < 4.78 is 23.4. The molecule has 8 heteroatoms. The van der Waals surface area contributed by atoms with Gasteiger partial charge in [0.1, 0.15) is 0 Å². The minimum Gasteiger partial charge on any atom is -0.338 e. The van der Waals surface area contributed by atoms with Gasteiger partial charge in [-0.05, 0) is 49.2 Å². The lowest BCUT2D eigenvalue weighted by atomic mass is 10.0. The van der Waals surface area contributed by atoms with Gasteiger partial charge in [-0.1, -0.05) is 18.2 Å². The van der Waals surface area contributed by atoms with Crippen molar-refractivity contribution in [1.82, 2.24) is 5.32 Å². The van der Waals surface area contributed by atoms with Crippen LogP contribution in [-0.4, -0.2) is 45.7 Å². The highest BCUT2D eigenvalue weighted by atomic mass is 32.2. The Labute approximate surface area is 171 Å². The fraction of sp³-hybridized carbons (Fsp3) is 0.333. The molecule has 0 fully saturated rings. The summed E-state index contributed by atoms with van der Waals surface area (Å²) in [6.45, 7) is 6.17. The van der Waals surface area contributed by atoms with E-state index in [-0.39, 0.29) is 22.9 Å². The number of carbonyl (C=O) groups is 2. The molecular formula is C21H25N3O4S. The Kier molecular flexibility index (Phi) is 5.66. The number of nitrogens with zero attached hydrogens (tertiary/aromatic N) is 2. The lowest BCUT2D eigenvalue weighted by molar-refractivity contribution is -0.117. The van der Waals surface area contributed by atoms with E-state index in [4.69, 9.17) is 0 Å². The number of nitrogens with one attached hydrogen (secondary N) is 1. The SMILES string of the molecule is CCNC(=O)N1CC(C)N(C(C)=O)c2ccc(-c3ccc(S(C)(=O)=O)cc3)cc21. The molecule has 3 amide bonds. The van der Waals surface area contributed by atoms with Gasteiger partial charge in [0.15, 0.2) is 9.84 Å². The summed E-state index contributed by atoms with van der Waals surface area (Å²) in [6, 6.07) is 11.8. The molecule has 7 nitrogen and oxygen atoms in total. The van der Waals surface area contributed by atoms with Crippen LogP contribution in [-0.2, 0) is 14.6 Å². The highest BCUT2D eigenvalue weighted by Crippen LogP contribution is 2.39. The van der Waals surface area contributed by atoms with Gasteiger partial charge in [-0.15, -0.1) is 0 Å². The molecule has 1 atom stereocenters. The van der Waals surface area contributed by atoms with E-state index >= 15 is 0 Å². The van der Waals surface area contributed by atoms with E-state index in [9.17, 15) is 18.0 Å². The number of benzene rings is 2. The smallest absolute Gasteiger partial charge is 0.322 e. The van der Waals surface area contributed by atoms with E-state index in [1.54, 1.807) is 34.1 Å². The average molecular weight is 416 g/mol. The van der Waals surface area contributed by atoms with Crippen molar-refractivity contribution >= 4 is 33.2 Å². The monoisotopic (exact) mass is 415 g/mol. The second-order valence-corrected chi connectivity index (χ2v) is 9.20. The Morgan fingerprint density at radius 1 is 1.07 bits per heavy atom. The van der Waals surface area contributed by atoms with Gasteiger partial charge in [0.25, 0.3) is 0 Å². The van der Waals surface area contributed by atoms with Gasteiger partial charge < -0.3 is 10.2 Å². The van der Waals surface area contributed by atoms with Crippen molar-refractivity contribution in [2.24, 2.45) is 0 Å². The van der Waals surface area contributed by atoms with Crippen molar-refractivity contribution in [3.63, 3.8) is 0 Å². The number of fused-ring (bicyclic) bond motifs is 1. The third-order valence-corrected chi connectivity index (χ3v) is 6.07. The molecule has 0 aliphatic carbocycles. The van der Waals surface area contributed by atoms with Crippen LogP contribution in [0.3, 0.4) is 0 Å². The second-order valence-electron chi connectivity index (χ2n) is 7.18. The van der Waals surface area contributed by atoms with Crippen LogP contribution < -0.4 is 15.1 Å². The Morgan fingerprint density at radius 3 is 2.24 bits per heavy atom. The summed E-state index contributed by atoms with van der Waals surface area (Å²) in [7, 11) is -3.27. The number of anilines is 2. The van der Waals surface area contributed by atoms with Crippen molar-refractivity contribution in [2.45, 2.75) is 31.7 Å². The maximum Gasteiger partial charge on any atom is 0.322 e. The summed E-state index contributed by atoms with van der Waals surface area (Å²) in [5.74, 6) is -0.0837. The van der Waals surface area contributed by atoms with E-state index in [0.717, 1.165) is 11.1 Å². The Hall–Kier alpha value is -2.87. The minimum absolute atomic E-state index is 0.0837. The zero-order chi connectivity index (χ0) is 21.3. The molecular weight excluding hydrogens is 390 g/mol. The van der Waals surface area contributed by atoms with Crippen molar-refractivity contribution in [2.75, 3.05) is 29.1 Å². The lowest BCUT2D eigenvalue weighted by Gasteiger charge is -2.40. The van der Waals surface area contributed by atoms with E-state index < -0.39 is 9.84 Å². The quantitative estimate of drug-likeness (QED) is 0.835. The van der Waals surface area contributed by atoms with Gasteiger partial charge in [-0.3, -0.25) is 9.69 Å².